The number of carbonyl (C=O) groups is 1. The van der Waals surface area contributed by atoms with Crippen molar-refractivity contribution in [2.75, 3.05) is 20.3 Å². The van der Waals surface area contributed by atoms with Gasteiger partial charge in [0.15, 0.2) is 11.5 Å². The number of carbonyl (C=O) groups excluding carboxylic acids is 1. The van der Waals surface area contributed by atoms with Crippen LogP contribution in [-0.2, 0) is 17.8 Å². The van der Waals surface area contributed by atoms with E-state index in [9.17, 15) is 4.79 Å². The van der Waals surface area contributed by atoms with Crippen LogP contribution < -0.4 is 14.8 Å². The Hall–Kier alpha value is -3.28. The zero-order valence-electron chi connectivity index (χ0n) is 21.4. The van der Waals surface area contributed by atoms with Crippen LogP contribution in [0, 0.1) is 0 Å². The maximum absolute atomic E-state index is 11.4. The van der Waals surface area contributed by atoms with Crippen LogP contribution in [0.2, 0.25) is 0 Å². The monoisotopic (exact) mass is 477 g/mol. The van der Waals surface area contributed by atoms with Gasteiger partial charge < -0.3 is 19.4 Å². The Labute approximate surface area is 209 Å². The van der Waals surface area contributed by atoms with Gasteiger partial charge in [0.25, 0.3) is 0 Å². The lowest BCUT2D eigenvalue weighted by Gasteiger charge is -2.12. The summed E-state index contributed by atoms with van der Waals surface area (Å²) in [5.74, 6) is 2.81. The van der Waals surface area contributed by atoms with Gasteiger partial charge in [-0.15, -0.1) is 0 Å². The summed E-state index contributed by atoms with van der Waals surface area (Å²) in [5, 5.41) is 2.95. The largest absolute Gasteiger partial charge is 0.493 e. The number of methoxy groups -OCH3 is 1. The first-order valence-electron chi connectivity index (χ1n) is 12.8. The molecule has 0 saturated heterocycles. The molecular weight excluding hydrogens is 438 g/mol. The lowest BCUT2D eigenvalue weighted by molar-refractivity contribution is -0.120. The van der Waals surface area contributed by atoms with E-state index in [1.54, 1.807) is 7.11 Å². The Morgan fingerprint density at radius 3 is 2.71 bits per heavy atom. The number of imidazole rings is 1. The van der Waals surface area contributed by atoms with Crippen molar-refractivity contribution >= 4 is 23.0 Å². The van der Waals surface area contributed by atoms with Crippen LogP contribution in [0.4, 0.5) is 0 Å². The highest BCUT2D eigenvalue weighted by Gasteiger charge is 2.10. The minimum atomic E-state index is 0.125. The number of hydrogen-bond acceptors (Lipinski definition) is 4. The molecule has 1 aromatic heterocycles. The first kappa shape index (κ1) is 26.3. The summed E-state index contributed by atoms with van der Waals surface area (Å²) in [7, 11) is 1.68. The van der Waals surface area contributed by atoms with Crippen molar-refractivity contribution in [3.63, 3.8) is 0 Å². The van der Waals surface area contributed by atoms with Gasteiger partial charge in [0.05, 0.1) is 24.8 Å². The van der Waals surface area contributed by atoms with Gasteiger partial charge in [-0.2, -0.15) is 0 Å². The predicted molar refractivity (Wildman–Crippen MR) is 143 cm³/mol. The first-order valence-corrected chi connectivity index (χ1v) is 12.8. The number of rotatable bonds is 15. The quantitative estimate of drug-likeness (QED) is 0.266. The lowest BCUT2D eigenvalue weighted by atomic mass is 10.2. The van der Waals surface area contributed by atoms with Crippen LogP contribution in [0.1, 0.15) is 63.8 Å². The summed E-state index contributed by atoms with van der Waals surface area (Å²) >= 11 is 0. The Morgan fingerprint density at radius 1 is 1.06 bits per heavy atom. The van der Waals surface area contributed by atoms with Gasteiger partial charge >= 0.3 is 0 Å². The standard InChI is InChI=1S/C29H39N3O3/c1-4-13-23-17-18-26(27(22-23)34-3)35-21-12-11-20-32-25-15-9-8-14-24(25)31-28(32)16-7-6-10-19-30-29(33)5-2/h4,8-9,13-15,17-18,22H,5-7,10-12,16,19-21H2,1-3H3,(H,30,33)/b13-4+. The van der Waals surface area contributed by atoms with Crippen molar-refractivity contribution in [2.24, 2.45) is 0 Å². The second kappa shape index (κ2) is 14.2. The van der Waals surface area contributed by atoms with E-state index in [-0.39, 0.29) is 5.91 Å². The third kappa shape index (κ3) is 7.88. The predicted octanol–water partition coefficient (Wildman–Crippen LogP) is 6.18. The Bertz CT molecular complexity index is 1100. The van der Waals surface area contributed by atoms with Gasteiger partial charge in [-0.1, -0.05) is 43.7 Å². The summed E-state index contributed by atoms with van der Waals surface area (Å²) in [4.78, 5) is 16.3. The third-order valence-electron chi connectivity index (χ3n) is 6.03. The SMILES string of the molecule is C/C=C/c1ccc(OCCCCn2c(CCCCCNC(=O)CC)nc3ccccc32)c(OC)c1. The van der Waals surface area contributed by atoms with E-state index >= 15 is 0 Å². The average Bonchev–Trinajstić information content (AvgIpc) is 3.23. The lowest BCUT2D eigenvalue weighted by Crippen LogP contribution is -2.23. The van der Waals surface area contributed by atoms with Crippen LogP contribution in [0.15, 0.2) is 48.5 Å². The van der Waals surface area contributed by atoms with Crippen LogP contribution in [0.5, 0.6) is 11.5 Å². The maximum Gasteiger partial charge on any atom is 0.219 e. The Morgan fingerprint density at radius 2 is 1.91 bits per heavy atom. The fraction of sp³-hybridized carbons (Fsp3) is 0.448. The van der Waals surface area contributed by atoms with E-state index in [2.05, 4.69) is 28.1 Å². The average molecular weight is 478 g/mol. The van der Waals surface area contributed by atoms with Crippen molar-refractivity contribution < 1.29 is 14.3 Å². The molecule has 2 aromatic carbocycles. The van der Waals surface area contributed by atoms with E-state index in [4.69, 9.17) is 14.5 Å². The topological polar surface area (TPSA) is 65.4 Å². The highest BCUT2D eigenvalue weighted by Crippen LogP contribution is 2.29. The number of benzene rings is 2. The number of para-hydroxylation sites is 2. The number of ether oxygens (including phenoxy) is 2. The number of unbranched alkanes of at least 4 members (excludes halogenated alkanes) is 3. The van der Waals surface area contributed by atoms with E-state index in [1.165, 1.54) is 5.52 Å². The molecule has 0 radical (unpaired) electrons. The van der Waals surface area contributed by atoms with Crippen LogP contribution >= 0.6 is 0 Å². The second-order valence-electron chi connectivity index (χ2n) is 8.65. The molecule has 6 heteroatoms. The molecule has 0 atom stereocenters. The number of fused-ring (bicyclic) bond motifs is 1. The summed E-state index contributed by atoms with van der Waals surface area (Å²) in [6, 6.07) is 14.4. The fourth-order valence-electron chi connectivity index (χ4n) is 4.16. The zero-order chi connectivity index (χ0) is 24.9. The maximum atomic E-state index is 11.4. The molecule has 0 bridgehead atoms. The molecule has 0 saturated carbocycles. The van der Waals surface area contributed by atoms with E-state index < -0.39 is 0 Å². The number of allylic oxidation sites excluding steroid dienone is 1. The van der Waals surface area contributed by atoms with Crippen molar-refractivity contribution in [3.8, 4) is 11.5 Å². The summed E-state index contributed by atoms with van der Waals surface area (Å²) in [6.45, 7) is 6.20. The van der Waals surface area contributed by atoms with Gasteiger partial charge in [-0.3, -0.25) is 4.79 Å². The fourth-order valence-corrected chi connectivity index (χ4v) is 4.16. The number of amides is 1. The normalized spacial score (nSPS) is 11.3. The minimum Gasteiger partial charge on any atom is -0.493 e. The van der Waals surface area contributed by atoms with E-state index in [1.807, 2.05) is 50.3 Å². The highest BCUT2D eigenvalue weighted by atomic mass is 16.5. The number of nitrogens with zero attached hydrogens (tertiary/aromatic N) is 2. The van der Waals surface area contributed by atoms with E-state index in [0.29, 0.717) is 13.0 Å². The number of aromatic nitrogens is 2. The highest BCUT2D eigenvalue weighted by molar-refractivity contribution is 5.76. The van der Waals surface area contributed by atoms with Crippen molar-refractivity contribution in [1.29, 1.82) is 0 Å². The molecule has 188 valence electrons. The van der Waals surface area contributed by atoms with E-state index in [0.717, 1.165) is 80.0 Å². The zero-order valence-corrected chi connectivity index (χ0v) is 21.4. The molecule has 0 aliphatic heterocycles. The van der Waals surface area contributed by atoms with Crippen LogP contribution in [-0.4, -0.2) is 35.7 Å². The molecule has 1 heterocycles. The molecular formula is C29H39N3O3. The summed E-state index contributed by atoms with van der Waals surface area (Å²) in [5.41, 5.74) is 3.35. The first-order chi connectivity index (χ1) is 17.2. The molecule has 0 aliphatic rings. The van der Waals surface area contributed by atoms with Gasteiger partial charge in [-0.05, 0) is 62.4 Å². The molecule has 0 fully saturated rings. The van der Waals surface area contributed by atoms with Crippen molar-refractivity contribution in [3.05, 3.63) is 59.9 Å². The Kier molecular flexibility index (Phi) is 10.7. The number of nitrogens with one attached hydrogen (secondary N) is 1. The minimum absolute atomic E-state index is 0.125. The van der Waals surface area contributed by atoms with Crippen LogP contribution in [0.25, 0.3) is 17.1 Å². The second-order valence-corrected chi connectivity index (χ2v) is 8.65. The van der Waals surface area contributed by atoms with Gasteiger partial charge in [0, 0.05) is 25.9 Å². The Balaban J connectivity index is 1.50. The molecule has 0 aliphatic carbocycles. The molecule has 3 aromatic rings. The molecule has 0 unspecified atom stereocenters. The van der Waals surface area contributed by atoms with Crippen molar-refractivity contribution in [1.82, 2.24) is 14.9 Å². The number of hydrogen-bond donors (Lipinski definition) is 1. The van der Waals surface area contributed by atoms with Crippen molar-refractivity contribution in [2.45, 2.75) is 65.3 Å². The molecule has 35 heavy (non-hydrogen) atoms. The molecule has 0 spiro atoms. The number of aryl methyl sites for hydroxylation is 2. The van der Waals surface area contributed by atoms with Gasteiger partial charge in [0.2, 0.25) is 5.91 Å². The smallest absolute Gasteiger partial charge is 0.219 e. The van der Waals surface area contributed by atoms with Crippen LogP contribution in [0.3, 0.4) is 0 Å². The molecule has 6 nitrogen and oxygen atoms in total. The molecule has 3 rings (SSSR count). The van der Waals surface area contributed by atoms with Gasteiger partial charge in [-0.25, -0.2) is 4.98 Å². The summed E-state index contributed by atoms with van der Waals surface area (Å²) in [6.07, 6.45) is 10.7. The molecule has 1 amide bonds. The third-order valence-corrected chi connectivity index (χ3v) is 6.03. The summed E-state index contributed by atoms with van der Waals surface area (Å²) < 4.78 is 13.9. The van der Waals surface area contributed by atoms with Gasteiger partial charge in [0.1, 0.15) is 5.82 Å². The molecule has 1 N–H and O–H groups in total.